The third-order valence-corrected chi connectivity index (χ3v) is 3.73. The topological polar surface area (TPSA) is 62.1 Å². The Kier molecular flexibility index (Phi) is 5.76. The van der Waals surface area contributed by atoms with Crippen molar-refractivity contribution >= 4 is 11.6 Å². The van der Waals surface area contributed by atoms with E-state index in [1.165, 1.54) is 5.56 Å². The van der Waals surface area contributed by atoms with Crippen LogP contribution in [-0.2, 0) is 4.79 Å². The van der Waals surface area contributed by atoms with Crippen molar-refractivity contribution in [3.8, 4) is 11.8 Å². The zero-order valence-electron chi connectivity index (χ0n) is 13.4. The van der Waals surface area contributed by atoms with Crippen molar-refractivity contribution in [1.82, 2.24) is 0 Å². The molecule has 4 nitrogen and oxygen atoms in total. The van der Waals surface area contributed by atoms with Crippen LogP contribution in [-0.4, -0.2) is 12.5 Å². The van der Waals surface area contributed by atoms with Crippen molar-refractivity contribution in [2.75, 3.05) is 11.9 Å². The van der Waals surface area contributed by atoms with E-state index in [4.69, 9.17) is 10.00 Å². The maximum atomic E-state index is 11.9. The van der Waals surface area contributed by atoms with E-state index in [1.54, 1.807) is 24.3 Å². The van der Waals surface area contributed by atoms with E-state index in [-0.39, 0.29) is 12.5 Å². The number of ether oxygens (including phenoxy) is 1. The molecule has 1 amide bonds. The number of anilines is 1. The third kappa shape index (κ3) is 4.86. The number of nitrogens with one attached hydrogen (secondary N) is 1. The van der Waals surface area contributed by atoms with Gasteiger partial charge in [-0.15, -0.1) is 0 Å². The lowest BCUT2D eigenvalue weighted by atomic mass is 9.99. The molecule has 0 fully saturated rings. The highest BCUT2D eigenvalue weighted by atomic mass is 16.5. The Bertz CT molecular complexity index is 685. The molecule has 118 valence electrons. The molecule has 4 heteroatoms. The van der Waals surface area contributed by atoms with Gasteiger partial charge in [0, 0.05) is 5.69 Å². The summed E-state index contributed by atoms with van der Waals surface area (Å²) in [6.45, 7) is 4.28. The average Bonchev–Trinajstić information content (AvgIpc) is 2.60. The number of rotatable bonds is 6. The summed E-state index contributed by atoms with van der Waals surface area (Å²) in [5.41, 5.74) is 2.47. The number of nitriles is 1. The summed E-state index contributed by atoms with van der Waals surface area (Å²) < 4.78 is 5.49. The summed E-state index contributed by atoms with van der Waals surface area (Å²) >= 11 is 0. The van der Waals surface area contributed by atoms with Crippen molar-refractivity contribution in [3.63, 3.8) is 0 Å². The second-order valence-electron chi connectivity index (χ2n) is 5.40. The monoisotopic (exact) mass is 308 g/mol. The SMILES string of the molecule is CC[C@@H](C)c1ccc(OCC(=O)Nc2ccc(C#N)cc2)cc1. The second kappa shape index (κ2) is 8.00. The molecular formula is C19H20N2O2. The van der Waals surface area contributed by atoms with E-state index in [9.17, 15) is 4.79 Å². The Morgan fingerprint density at radius 3 is 2.39 bits per heavy atom. The lowest BCUT2D eigenvalue weighted by Crippen LogP contribution is -2.20. The van der Waals surface area contributed by atoms with Crippen molar-refractivity contribution in [1.29, 1.82) is 5.26 Å². The number of benzene rings is 2. The van der Waals surface area contributed by atoms with Gasteiger partial charge in [0.15, 0.2) is 6.61 Å². The zero-order chi connectivity index (χ0) is 16.7. The first kappa shape index (κ1) is 16.6. The van der Waals surface area contributed by atoms with Gasteiger partial charge in [-0.1, -0.05) is 26.0 Å². The Balaban J connectivity index is 1.85. The quantitative estimate of drug-likeness (QED) is 0.874. The molecule has 0 aromatic heterocycles. The molecular weight excluding hydrogens is 288 g/mol. The van der Waals surface area contributed by atoms with Gasteiger partial charge in [-0.25, -0.2) is 0 Å². The van der Waals surface area contributed by atoms with Crippen LogP contribution in [0.2, 0.25) is 0 Å². The van der Waals surface area contributed by atoms with E-state index in [2.05, 4.69) is 19.2 Å². The fourth-order valence-electron chi connectivity index (χ4n) is 2.10. The highest BCUT2D eigenvalue weighted by Gasteiger charge is 2.06. The third-order valence-electron chi connectivity index (χ3n) is 3.73. The molecule has 0 saturated carbocycles. The van der Waals surface area contributed by atoms with Gasteiger partial charge in [0.05, 0.1) is 11.6 Å². The molecule has 0 aliphatic carbocycles. The number of hydrogen-bond acceptors (Lipinski definition) is 3. The molecule has 0 saturated heterocycles. The molecule has 0 heterocycles. The zero-order valence-corrected chi connectivity index (χ0v) is 13.4. The molecule has 0 spiro atoms. The number of nitrogens with zero attached hydrogens (tertiary/aromatic N) is 1. The van der Waals surface area contributed by atoms with E-state index in [0.717, 1.165) is 6.42 Å². The van der Waals surface area contributed by atoms with Crippen LogP contribution in [0.5, 0.6) is 5.75 Å². The van der Waals surface area contributed by atoms with Crippen LogP contribution in [0.25, 0.3) is 0 Å². The number of amides is 1. The first-order valence-electron chi connectivity index (χ1n) is 7.65. The first-order chi connectivity index (χ1) is 11.1. The maximum Gasteiger partial charge on any atom is 0.262 e. The second-order valence-corrected chi connectivity index (χ2v) is 5.40. The molecule has 0 aliphatic rings. The van der Waals surface area contributed by atoms with E-state index < -0.39 is 0 Å². The average molecular weight is 308 g/mol. The van der Waals surface area contributed by atoms with Crippen molar-refractivity contribution in [3.05, 3.63) is 59.7 Å². The lowest BCUT2D eigenvalue weighted by molar-refractivity contribution is -0.118. The van der Waals surface area contributed by atoms with Crippen LogP contribution in [0, 0.1) is 11.3 Å². The van der Waals surface area contributed by atoms with Crippen LogP contribution in [0.15, 0.2) is 48.5 Å². The van der Waals surface area contributed by atoms with Gasteiger partial charge in [-0.3, -0.25) is 4.79 Å². The van der Waals surface area contributed by atoms with Crippen LogP contribution in [0.4, 0.5) is 5.69 Å². The van der Waals surface area contributed by atoms with Crippen LogP contribution in [0.3, 0.4) is 0 Å². The standard InChI is InChI=1S/C19H20N2O2/c1-3-14(2)16-6-10-18(11-7-16)23-13-19(22)21-17-8-4-15(12-20)5-9-17/h4-11,14H,3,13H2,1-2H3,(H,21,22)/t14-/m1/s1. The number of carbonyl (C=O) groups excluding carboxylic acids is 1. The van der Waals surface area contributed by atoms with Gasteiger partial charge < -0.3 is 10.1 Å². The normalized spacial score (nSPS) is 11.3. The highest BCUT2D eigenvalue weighted by Crippen LogP contribution is 2.21. The van der Waals surface area contributed by atoms with Crippen LogP contribution >= 0.6 is 0 Å². The minimum Gasteiger partial charge on any atom is -0.484 e. The molecule has 0 bridgehead atoms. The van der Waals surface area contributed by atoms with Gasteiger partial charge in [-0.05, 0) is 54.3 Å². The summed E-state index contributed by atoms with van der Waals surface area (Å²) in [6.07, 6.45) is 1.09. The number of hydrogen-bond donors (Lipinski definition) is 1. The molecule has 23 heavy (non-hydrogen) atoms. The van der Waals surface area contributed by atoms with E-state index >= 15 is 0 Å². The van der Waals surface area contributed by atoms with Crippen molar-refractivity contribution in [2.45, 2.75) is 26.2 Å². The molecule has 1 N–H and O–H groups in total. The van der Waals surface area contributed by atoms with E-state index in [0.29, 0.717) is 22.9 Å². The minimum absolute atomic E-state index is 0.0529. The largest absolute Gasteiger partial charge is 0.484 e. The molecule has 0 unspecified atom stereocenters. The molecule has 0 radical (unpaired) electrons. The molecule has 0 aliphatic heterocycles. The molecule has 1 atom stereocenters. The van der Waals surface area contributed by atoms with Crippen LogP contribution in [0.1, 0.15) is 37.3 Å². The van der Waals surface area contributed by atoms with Crippen molar-refractivity contribution < 1.29 is 9.53 Å². The van der Waals surface area contributed by atoms with Gasteiger partial charge in [0.25, 0.3) is 5.91 Å². The fourth-order valence-corrected chi connectivity index (χ4v) is 2.10. The van der Waals surface area contributed by atoms with Gasteiger partial charge in [0.1, 0.15) is 5.75 Å². The summed E-state index contributed by atoms with van der Waals surface area (Å²) in [4.78, 5) is 11.9. The summed E-state index contributed by atoms with van der Waals surface area (Å²) in [6, 6.07) is 16.6. The minimum atomic E-state index is -0.235. The Labute approximate surface area is 136 Å². The van der Waals surface area contributed by atoms with E-state index in [1.807, 2.05) is 30.3 Å². The molecule has 2 aromatic carbocycles. The Morgan fingerprint density at radius 1 is 1.17 bits per heavy atom. The summed E-state index contributed by atoms with van der Waals surface area (Å²) in [5.74, 6) is 0.955. The highest BCUT2D eigenvalue weighted by molar-refractivity contribution is 5.91. The molecule has 2 rings (SSSR count). The first-order valence-corrected chi connectivity index (χ1v) is 7.65. The smallest absolute Gasteiger partial charge is 0.262 e. The summed E-state index contributed by atoms with van der Waals surface area (Å²) in [5, 5.41) is 11.5. The van der Waals surface area contributed by atoms with Crippen molar-refractivity contribution in [2.24, 2.45) is 0 Å². The predicted molar refractivity (Wildman–Crippen MR) is 90.4 cm³/mol. The predicted octanol–water partition coefficient (Wildman–Crippen LogP) is 4.09. The molecule has 2 aromatic rings. The van der Waals surface area contributed by atoms with Gasteiger partial charge >= 0.3 is 0 Å². The van der Waals surface area contributed by atoms with Gasteiger partial charge in [-0.2, -0.15) is 5.26 Å². The van der Waals surface area contributed by atoms with Crippen LogP contribution < -0.4 is 10.1 Å². The maximum absolute atomic E-state index is 11.9. The Hall–Kier alpha value is -2.80. The summed E-state index contributed by atoms with van der Waals surface area (Å²) in [7, 11) is 0. The van der Waals surface area contributed by atoms with Gasteiger partial charge in [0.2, 0.25) is 0 Å². The lowest BCUT2D eigenvalue weighted by Gasteiger charge is -2.11. The Morgan fingerprint density at radius 2 is 1.83 bits per heavy atom. The number of carbonyl (C=O) groups is 1. The fraction of sp³-hybridized carbons (Fsp3) is 0.263.